The molecule has 1 unspecified atom stereocenters. The summed E-state index contributed by atoms with van der Waals surface area (Å²) in [4.78, 5) is 14.7. The van der Waals surface area contributed by atoms with E-state index in [4.69, 9.17) is 11.6 Å². The fourth-order valence-electron chi connectivity index (χ4n) is 2.71. The maximum Gasteiger partial charge on any atom is 0.230 e. The Labute approximate surface area is 143 Å². The van der Waals surface area contributed by atoms with E-state index >= 15 is 0 Å². The summed E-state index contributed by atoms with van der Waals surface area (Å²) in [5, 5.41) is 0.689. The number of likely N-dealkylation sites (N-methyl/N-ethyl adjacent to an activating group) is 1. The minimum atomic E-state index is -0.144. The van der Waals surface area contributed by atoms with Gasteiger partial charge in [-0.2, -0.15) is 0 Å². The van der Waals surface area contributed by atoms with Gasteiger partial charge in [-0.15, -0.1) is 6.58 Å². The third-order valence-electron chi connectivity index (χ3n) is 4.01. The largest absolute Gasteiger partial charge is 0.351 e. The third kappa shape index (κ3) is 4.49. The summed E-state index contributed by atoms with van der Waals surface area (Å²) in [6, 6.07) is 11.8. The number of carbonyl (C=O) groups is 1. The van der Waals surface area contributed by atoms with E-state index < -0.39 is 0 Å². The summed E-state index contributed by atoms with van der Waals surface area (Å²) in [7, 11) is 3.78. The van der Waals surface area contributed by atoms with Gasteiger partial charge >= 0.3 is 0 Å². The van der Waals surface area contributed by atoms with Crippen molar-refractivity contribution in [2.75, 3.05) is 7.05 Å². The van der Waals surface area contributed by atoms with Crippen LogP contribution in [0.3, 0.4) is 0 Å². The van der Waals surface area contributed by atoms with Gasteiger partial charge in [0.05, 0.1) is 17.5 Å². The molecule has 0 spiro atoms. The van der Waals surface area contributed by atoms with E-state index in [2.05, 4.69) is 6.58 Å². The second-order valence-electron chi connectivity index (χ2n) is 5.78. The Morgan fingerprint density at radius 3 is 2.65 bits per heavy atom. The van der Waals surface area contributed by atoms with Crippen LogP contribution in [-0.2, 0) is 18.4 Å². The molecule has 1 atom stereocenters. The monoisotopic (exact) mass is 330 g/mol. The van der Waals surface area contributed by atoms with Crippen LogP contribution in [0.2, 0.25) is 5.02 Å². The molecule has 0 saturated heterocycles. The van der Waals surface area contributed by atoms with Crippen molar-refractivity contribution < 1.29 is 4.79 Å². The lowest BCUT2D eigenvalue weighted by Crippen LogP contribution is -2.32. The normalized spacial score (nSPS) is 12.0. The zero-order valence-corrected chi connectivity index (χ0v) is 14.5. The Balaban J connectivity index is 2.15. The smallest absolute Gasteiger partial charge is 0.230 e. The SMILES string of the molecule is C=CCCC(C(=O)N(C)Cc1cc(Cl)cn1C)c1ccccc1. The molecule has 0 radical (unpaired) electrons. The molecule has 4 heteroatoms. The first-order chi connectivity index (χ1) is 11.0. The van der Waals surface area contributed by atoms with Crippen molar-refractivity contribution in [1.82, 2.24) is 9.47 Å². The molecular formula is C19H23ClN2O. The molecule has 0 aliphatic heterocycles. The number of halogens is 1. The standard InChI is InChI=1S/C19H23ClN2O/c1-4-5-11-18(15-9-7-6-8-10-15)19(23)22(3)14-17-12-16(20)13-21(17)2/h4,6-10,12-13,18H,1,5,11,14H2,2-3H3. The predicted octanol–water partition coefficient (Wildman–Crippen LogP) is 4.39. The van der Waals surface area contributed by atoms with Crippen LogP contribution in [0, 0.1) is 0 Å². The third-order valence-corrected chi connectivity index (χ3v) is 4.22. The molecule has 0 bridgehead atoms. The van der Waals surface area contributed by atoms with Gasteiger partial charge in [0.15, 0.2) is 0 Å². The number of hydrogen-bond donors (Lipinski definition) is 0. The average molecular weight is 331 g/mol. The molecule has 2 aromatic rings. The van der Waals surface area contributed by atoms with Gasteiger partial charge in [0.25, 0.3) is 0 Å². The molecular weight excluding hydrogens is 308 g/mol. The van der Waals surface area contributed by atoms with Gasteiger partial charge in [0, 0.05) is 26.0 Å². The molecule has 3 nitrogen and oxygen atoms in total. The Morgan fingerprint density at radius 2 is 2.09 bits per heavy atom. The summed E-state index contributed by atoms with van der Waals surface area (Å²) >= 11 is 6.02. The molecule has 0 aliphatic carbocycles. The second kappa shape index (κ2) is 8.02. The van der Waals surface area contributed by atoms with E-state index in [1.54, 1.807) is 4.90 Å². The molecule has 1 amide bonds. The number of aromatic nitrogens is 1. The molecule has 0 saturated carbocycles. The van der Waals surface area contributed by atoms with Gasteiger partial charge in [-0.25, -0.2) is 0 Å². The molecule has 1 aromatic heterocycles. The first-order valence-corrected chi connectivity index (χ1v) is 8.12. The number of aryl methyl sites for hydroxylation is 1. The van der Waals surface area contributed by atoms with Gasteiger partial charge in [0.2, 0.25) is 5.91 Å². The summed E-state index contributed by atoms with van der Waals surface area (Å²) in [5.74, 6) is -0.0229. The van der Waals surface area contributed by atoms with Gasteiger partial charge in [-0.1, -0.05) is 48.0 Å². The Morgan fingerprint density at radius 1 is 1.39 bits per heavy atom. The van der Waals surface area contributed by atoms with E-state index in [1.807, 2.05) is 67.3 Å². The summed E-state index contributed by atoms with van der Waals surface area (Å²) in [6.07, 6.45) is 5.29. The number of amides is 1. The summed E-state index contributed by atoms with van der Waals surface area (Å²) in [6.45, 7) is 4.31. The van der Waals surface area contributed by atoms with Gasteiger partial charge in [-0.05, 0) is 24.5 Å². The number of nitrogens with zero attached hydrogens (tertiary/aromatic N) is 2. The lowest BCUT2D eigenvalue weighted by Gasteiger charge is -2.24. The fraction of sp³-hybridized carbons (Fsp3) is 0.316. The molecule has 0 fully saturated rings. The molecule has 0 N–H and O–H groups in total. The van der Waals surface area contributed by atoms with Crippen LogP contribution in [0.25, 0.3) is 0 Å². The number of rotatable bonds is 7. The van der Waals surface area contributed by atoms with Crippen molar-refractivity contribution in [2.45, 2.75) is 25.3 Å². The van der Waals surface area contributed by atoms with Gasteiger partial charge in [-0.3, -0.25) is 4.79 Å². The lowest BCUT2D eigenvalue weighted by molar-refractivity contribution is -0.132. The Hall–Kier alpha value is -2.00. The highest BCUT2D eigenvalue weighted by Crippen LogP contribution is 2.25. The first kappa shape index (κ1) is 17.4. The molecule has 2 rings (SSSR count). The van der Waals surface area contributed by atoms with E-state index in [9.17, 15) is 4.79 Å². The maximum absolute atomic E-state index is 12.9. The highest BCUT2D eigenvalue weighted by Gasteiger charge is 2.23. The second-order valence-corrected chi connectivity index (χ2v) is 6.22. The number of carbonyl (C=O) groups excluding carboxylic acids is 1. The first-order valence-electron chi connectivity index (χ1n) is 7.74. The van der Waals surface area contributed by atoms with Crippen molar-refractivity contribution in [3.8, 4) is 0 Å². The summed E-state index contributed by atoms with van der Waals surface area (Å²) in [5.41, 5.74) is 2.07. The van der Waals surface area contributed by atoms with E-state index in [0.717, 1.165) is 24.1 Å². The van der Waals surface area contributed by atoms with Gasteiger partial charge in [0.1, 0.15) is 0 Å². The minimum Gasteiger partial charge on any atom is -0.351 e. The van der Waals surface area contributed by atoms with Crippen LogP contribution in [0.4, 0.5) is 0 Å². The molecule has 0 aliphatic rings. The number of allylic oxidation sites excluding steroid dienone is 1. The quantitative estimate of drug-likeness (QED) is 0.691. The molecule has 1 aromatic carbocycles. The van der Waals surface area contributed by atoms with E-state index in [1.165, 1.54) is 0 Å². The van der Waals surface area contributed by atoms with E-state index in [0.29, 0.717) is 11.6 Å². The van der Waals surface area contributed by atoms with Crippen LogP contribution in [0.5, 0.6) is 0 Å². The number of benzene rings is 1. The van der Waals surface area contributed by atoms with Crippen molar-refractivity contribution in [3.05, 3.63) is 71.5 Å². The highest BCUT2D eigenvalue weighted by atomic mass is 35.5. The predicted molar refractivity (Wildman–Crippen MR) is 95.5 cm³/mol. The van der Waals surface area contributed by atoms with Crippen LogP contribution >= 0.6 is 11.6 Å². The molecule has 23 heavy (non-hydrogen) atoms. The molecule has 1 heterocycles. The fourth-order valence-corrected chi connectivity index (χ4v) is 2.99. The zero-order valence-electron chi connectivity index (χ0n) is 13.7. The maximum atomic E-state index is 12.9. The molecule has 122 valence electrons. The van der Waals surface area contributed by atoms with Crippen molar-refractivity contribution >= 4 is 17.5 Å². The Bertz CT molecular complexity index is 663. The zero-order chi connectivity index (χ0) is 16.8. The van der Waals surface area contributed by atoms with Crippen molar-refractivity contribution in [3.63, 3.8) is 0 Å². The topological polar surface area (TPSA) is 25.2 Å². The average Bonchev–Trinajstić information content (AvgIpc) is 2.86. The lowest BCUT2D eigenvalue weighted by atomic mass is 9.93. The van der Waals surface area contributed by atoms with Crippen LogP contribution in [0.1, 0.15) is 30.0 Å². The van der Waals surface area contributed by atoms with Gasteiger partial charge < -0.3 is 9.47 Å². The van der Waals surface area contributed by atoms with Crippen molar-refractivity contribution in [2.24, 2.45) is 7.05 Å². The van der Waals surface area contributed by atoms with Crippen LogP contribution in [-0.4, -0.2) is 22.4 Å². The van der Waals surface area contributed by atoms with Crippen LogP contribution < -0.4 is 0 Å². The number of hydrogen-bond acceptors (Lipinski definition) is 1. The summed E-state index contributed by atoms with van der Waals surface area (Å²) < 4.78 is 1.95. The Kier molecular flexibility index (Phi) is 6.05. The van der Waals surface area contributed by atoms with Crippen LogP contribution in [0.15, 0.2) is 55.3 Å². The minimum absolute atomic E-state index is 0.121. The highest BCUT2D eigenvalue weighted by molar-refractivity contribution is 6.30. The van der Waals surface area contributed by atoms with E-state index in [-0.39, 0.29) is 11.8 Å². The van der Waals surface area contributed by atoms with Crippen molar-refractivity contribution in [1.29, 1.82) is 0 Å².